The minimum Gasteiger partial charge on any atom is -0.468 e. The van der Waals surface area contributed by atoms with E-state index in [1.807, 2.05) is 19.9 Å². The van der Waals surface area contributed by atoms with E-state index in [2.05, 4.69) is 6.92 Å². The lowest BCUT2D eigenvalue weighted by atomic mass is 10.2. The fourth-order valence-electron chi connectivity index (χ4n) is 1.37. The molecule has 1 atom stereocenters. The second-order valence-electron chi connectivity index (χ2n) is 3.49. The van der Waals surface area contributed by atoms with Crippen LogP contribution in [0, 0.1) is 6.92 Å². The van der Waals surface area contributed by atoms with Gasteiger partial charge in [-0.3, -0.25) is 4.79 Å². The van der Waals surface area contributed by atoms with E-state index in [9.17, 15) is 4.79 Å². The van der Waals surface area contributed by atoms with Crippen molar-refractivity contribution in [1.29, 1.82) is 0 Å². The van der Waals surface area contributed by atoms with Gasteiger partial charge in [-0.2, -0.15) is 0 Å². The maximum atomic E-state index is 11.7. The Morgan fingerprint density at radius 3 is 2.81 bits per heavy atom. The zero-order valence-electron chi connectivity index (χ0n) is 9.99. The molecule has 3 nitrogen and oxygen atoms in total. The van der Waals surface area contributed by atoms with E-state index < -0.39 is 0 Å². The number of ether oxygens (including phenoxy) is 1. The Balaban J connectivity index is 2.64. The minimum absolute atomic E-state index is 0.124. The fourth-order valence-corrected chi connectivity index (χ4v) is 2.54. The van der Waals surface area contributed by atoms with Gasteiger partial charge in [0, 0.05) is 4.90 Å². The number of carbonyl (C=O) groups is 1. The molecule has 4 heteroatoms. The quantitative estimate of drug-likeness (QED) is 0.566. The highest BCUT2D eigenvalue weighted by Crippen LogP contribution is 2.30. The van der Waals surface area contributed by atoms with Crippen LogP contribution in [0.25, 0.3) is 0 Å². The zero-order chi connectivity index (χ0) is 12.0. The molecule has 16 heavy (non-hydrogen) atoms. The van der Waals surface area contributed by atoms with E-state index >= 15 is 0 Å². The van der Waals surface area contributed by atoms with Crippen LogP contribution in [0.3, 0.4) is 0 Å². The van der Waals surface area contributed by atoms with E-state index in [0.29, 0.717) is 6.61 Å². The summed E-state index contributed by atoms with van der Waals surface area (Å²) in [6.45, 7) is 6.23. The Morgan fingerprint density at radius 1 is 1.56 bits per heavy atom. The third-order valence-corrected chi connectivity index (χ3v) is 3.57. The largest absolute Gasteiger partial charge is 0.468 e. The van der Waals surface area contributed by atoms with Gasteiger partial charge in [-0.1, -0.05) is 13.3 Å². The fraction of sp³-hybridized carbons (Fsp3) is 0.583. The molecule has 0 saturated carbocycles. The molecule has 0 aliphatic carbocycles. The molecule has 0 bridgehead atoms. The van der Waals surface area contributed by atoms with Crippen LogP contribution < -0.4 is 0 Å². The van der Waals surface area contributed by atoms with E-state index in [-0.39, 0.29) is 11.2 Å². The smallest absolute Gasteiger partial charge is 0.319 e. The van der Waals surface area contributed by atoms with E-state index in [0.717, 1.165) is 23.5 Å². The van der Waals surface area contributed by atoms with Crippen molar-refractivity contribution in [3.05, 3.63) is 18.1 Å². The lowest BCUT2D eigenvalue weighted by Gasteiger charge is -2.13. The van der Waals surface area contributed by atoms with Crippen molar-refractivity contribution in [2.75, 3.05) is 6.61 Å². The van der Waals surface area contributed by atoms with Gasteiger partial charge in [-0.05, 0) is 26.3 Å². The molecule has 90 valence electrons. The van der Waals surface area contributed by atoms with Gasteiger partial charge in [0.1, 0.15) is 11.0 Å². The van der Waals surface area contributed by atoms with Gasteiger partial charge in [0.15, 0.2) is 0 Å². The van der Waals surface area contributed by atoms with Crippen LogP contribution in [0.2, 0.25) is 0 Å². The van der Waals surface area contributed by atoms with Gasteiger partial charge < -0.3 is 9.15 Å². The number of thioether (sulfide) groups is 1. The van der Waals surface area contributed by atoms with E-state index in [4.69, 9.17) is 9.15 Å². The van der Waals surface area contributed by atoms with Gasteiger partial charge in [-0.25, -0.2) is 0 Å². The van der Waals surface area contributed by atoms with Crippen LogP contribution in [0.1, 0.15) is 32.4 Å². The predicted octanol–water partition coefficient (Wildman–Crippen LogP) is 3.41. The highest BCUT2D eigenvalue weighted by molar-refractivity contribution is 8.00. The van der Waals surface area contributed by atoms with Gasteiger partial charge in [0.2, 0.25) is 0 Å². The first-order valence-corrected chi connectivity index (χ1v) is 6.44. The normalized spacial score (nSPS) is 12.4. The van der Waals surface area contributed by atoms with Crippen molar-refractivity contribution in [2.24, 2.45) is 0 Å². The zero-order valence-corrected chi connectivity index (χ0v) is 10.8. The second kappa shape index (κ2) is 6.63. The molecule has 0 aliphatic rings. The predicted molar refractivity (Wildman–Crippen MR) is 64.6 cm³/mol. The molecule has 1 unspecified atom stereocenters. The Morgan fingerprint density at radius 2 is 2.31 bits per heavy atom. The number of esters is 1. The summed E-state index contributed by atoms with van der Waals surface area (Å²) in [4.78, 5) is 12.7. The lowest BCUT2D eigenvalue weighted by molar-refractivity contribution is -0.142. The molecule has 1 aromatic heterocycles. The van der Waals surface area contributed by atoms with E-state index in [1.54, 1.807) is 6.26 Å². The lowest BCUT2D eigenvalue weighted by Crippen LogP contribution is -2.20. The Labute approximate surface area is 101 Å². The van der Waals surface area contributed by atoms with Crippen LogP contribution in [0.4, 0.5) is 0 Å². The molecule has 0 fully saturated rings. The molecular formula is C12H18O3S. The van der Waals surface area contributed by atoms with Gasteiger partial charge in [0.05, 0.1) is 12.9 Å². The number of furan rings is 1. The summed E-state index contributed by atoms with van der Waals surface area (Å²) in [6.07, 6.45) is 3.44. The number of hydrogen-bond acceptors (Lipinski definition) is 4. The SMILES string of the molecule is CCCC(Sc1ccoc1C)C(=O)OCC. The summed E-state index contributed by atoms with van der Waals surface area (Å²) in [5.41, 5.74) is 0. The Kier molecular flexibility index (Phi) is 5.46. The molecule has 0 saturated heterocycles. The van der Waals surface area contributed by atoms with Crippen LogP contribution in [0.15, 0.2) is 21.6 Å². The van der Waals surface area contributed by atoms with Gasteiger partial charge in [-0.15, -0.1) is 11.8 Å². The monoisotopic (exact) mass is 242 g/mol. The second-order valence-corrected chi connectivity index (χ2v) is 4.73. The Bertz CT molecular complexity index is 333. The molecule has 0 spiro atoms. The van der Waals surface area contributed by atoms with Crippen LogP contribution in [-0.2, 0) is 9.53 Å². The number of rotatable bonds is 6. The molecule has 0 aromatic carbocycles. The van der Waals surface area contributed by atoms with Crippen molar-refractivity contribution in [1.82, 2.24) is 0 Å². The molecule has 0 N–H and O–H groups in total. The first kappa shape index (κ1) is 13.2. The number of carbonyl (C=O) groups excluding carboxylic acids is 1. The van der Waals surface area contributed by atoms with Crippen molar-refractivity contribution < 1.29 is 13.9 Å². The molecule has 1 aromatic rings. The molecule has 0 aliphatic heterocycles. The highest BCUT2D eigenvalue weighted by atomic mass is 32.2. The summed E-state index contributed by atoms with van der Waals surface area (Å²) in [5, 5.41) is -0.124. The van der Waals surface area contributed by atoms with Crippen molar-refractivity contribution >= 4 is 17.7 Å². The summed E-state index contributed by atoms with van der Waals surface area (Å²) in [5.74, 6) is 0.727. The Hall–Kier alpha value is -0.900. The third-order valence-electron chi connectivity index (χ3n) is 2.18. The average molecular weight is 242 g/mol. The highest BCUT2D eigenvalue weighted by Gasteiger charge is 2.21. The summed E-state index contributed by atoms with van der Waals surface area (Å²) >= 11 is 1.53. The number of hydrogen-bond donors (Lipinski definition) is 0. The third kappa shape index (κ3) is 3.59. The van der Waals surface area contributed by atoms with Gasteiger partial charge >= 0.3 is 5.97 Å². The van der Waals surface area contributed by atoms with Crippen molar-refractivity contribution in [3.8, 4) is 0 Å². The molecule has 1 rings (SSSR count). The first-order chi connectivity index (χ1) is 7.69. The maximum absolute atomic E-state index is 11.7. The molecule has 0 radical (unpaired) electrons. The average Bonchev–Trinajstić information content (AvgIpc) is 2.64. The molecule has 1 heterocycles. The standard InChI is InChI=1S/C12H18O3S/c1-4-6-11(12(13)14-5-2)16-10-7-8-15-9(10)3/h7-8,11H,4-6H2,1-3H3. The topological polar surface area (TPSA) is 39.4 Å². The summed E-state index contributed by atoms with van der Waals surface area (Å²) < 4.78 is 10.3. The minimum atomic E-state index is -0.130. The maximum Gasteiger partial charge on any atom is 0.319 e. The van der Waals surface area contributed by atoms with Crippen molar-refractivity contribution in [2.45, 2.75) is 43.8 Å². The summed E-state index contributed by atoms with van der Waals surface area (Å²) in [7, 11) is 0. The molecular weight excluding hydrogens is 224 g/mol. The van der Waals surface area contributed by atoms with Crippen LogP contribution >= 0.6 is 11.8 Å². The summed E-state index contributed by atoms with van der Waals surface area (Å²) in [6, 6.07) is 1.89. The molecule has 0 amide bonds. The number of aryl methyl sites for hydroxylation is 1. The van der Waals surface area contributed by atoms with Crippen LogP contribution in [0.5, 0.6) is 0 Å². The van der Waals surface area contributed by atoms with E-state index in [1.165, 1.54) is 11.8 Å². The first-order valence-electron chi connectivity index (χ1n) is 5.56. The van der Waals surface area contributed by atoms with Crippen molar-refractivity contribution in [3.63, 3.8) is 0 Å². The van der Waals surface area contributed by atoms with Gasteiger partial charge in [0.25, 0.3) is 0 Å². The van der Waals surface area contributed by atoms with Crippen LogP contribution in [-0.4, -0.2) is 17.8 Å².